The first kappa shape index (κ1) is 23.1. The molecule has 4 rings (SSSR count). The van der Waals surface area contributed by atoms with Crippen LogP contribution in [-0.2, 0) is 22.6 Å². The highest BCUT2D eigenvalue weighted by Crippen LogP contribution is 2.27. The van der Waals surface area contributed by atoms with Crippen LogP contribution < -0.4 is 20.3 Å². The standard InChI is InChI=1S/C27H35N3O3/c1-30(22-6-3-2-4-7-22)23-12-9-20(10-13-23)19-28-26(31)8-5-17-33-24-14-15-25-21(18-24)11-16-27(32)29-25/h9-10,12-15,18,22H,2-8,11,16-17,19H2,1H3,(H,28,31)(H,29,32). The van der Waals surface area contributed by atoms with Crippen molar-refractivity contribution in [3.8, 4) is 5.75 Å². The third-order valence-electron chi connectivity index (χ3n) is 6.74. The van der Waals surface area contributed by atoms with Crippen molar-refractivity contribution in [2.24, 2.45) is 0 Å². The Morgan fingerprint density at radius 1 is 1.09 bits per heavy atom. The van der Waals surface area contributed by atoms with Gasteiger partial charge in [0.1, 0.15) is 5.75 Å². The van der Waals surface area contributed by atoms with Gasteiger partial charge in [-0.15, -0.1) is 0 Å². The van der Waals surface area contributed by atoms with Gasteiger partial charge in [-0.2, -0.15) is 0 Å². The third kappa shape index (κ3) is 6.50. The van der Waals surface area contributed by atoms with E-state index in [2.05, 4.69) is 46.8 Å². The van der Waals surface area contributed by atoms with Gasteiger partial charge in [-0.1, -0.05) is 31.4 Å². The Bertz CT molecular complexity index is 952. The molecule has 1 fully saturated rings. The number of hydrogen-bond acceptors (Lipinski definition) is 4. The fourth-order valence-electron chi connectivity index (χ4n) is 4.69. The minimum atomic E-state index is 0.0372. The second-order valence-corrected chi connectivity index (χ2v) is 9.17. The van der Waals surface area contributed by atoms with Crippen LogP contribution in [-0.4, -0.2) is 31.5 Å². The number of benzene rings is 2. The lowest BCUT2D eigenvalue weighted by molar-refractivity contribution is -0.121. The summed E-state index contributed by atoms with van der Waals surface area (Å²) in [5, 5.41) is 5.88. The number of nitrogens with one attached hydrogen (secondary N) is 2. The number of anilines is 2. The molecule has 0 saturated heterocycles. The van der Waals surface area contributed by atoms with E-state index in [4.69, 9.17) is 4.74 Å². The van der Waals surface area contributed by atoms with Gasteiger partial charge in [0.25, 0.3) is 0 Å². The molecule has 1 heterocycles. The molecular formula is C27H35N3O3. The maximum atomic E-state index is 12.2. The van der Waals surface area contributed by atoms with Crippen LogP contribution in [0.25, 0.3) is 0 Å². The number of hydrogen-bond donors (Lipinski definition) is 2. The molecule has 176 valence electrons. The summed E-state index contributed by atoms with van der Waals surface area (Å²) in [5.74, 6) is 0.878. The molecule has 1 aliphatic heterocycles. The minimum absolute atomic E-state index is 0.0372. The van der Waals surface area contributed by atoms with E-state index in [-0.39, 0.29) is 11.8 Å². The Morgan fingerprint density at radius 2 is 1.88 bits per heavy atom. The van der Waals surface area contributed by atoms with Crippen LogP contribution in [0.1, 0.15) is 62.5 Å². The molecule has 6 nitrogen and oxygen atoms in total. The maximum Gasteiger partial charge on any atom is 0.224 e. The molecule has 33 heavy (non-hydrogen) atoms. The highest BCUT2D eigenvalue weighted by atomic mass is 16.5. The molecule has 2 N–H and O–H groups in total. The highest BCUT2D eigenvalue weighted by Gasteiger charge is 2.18. The van der Waals surface area contributed by atoms with Gasteiger partial charge in [-0.05, 0) is 67.1 Å². The van der Waals surface area contributed by atoms with Crippen molar-refractivity contribution in [1.29, 1.82) is 0 Å². The van der Waals surface area contributed by atoms with E-state index in [1.807, 2.05) is 18.2 Å². The molecular weight excluding hydrogens is 414 g/mol. The average Bonchev–Trinajstić information content (AvgIpc) is 2.86. The van der Waals surface area contributed by atoms with Crippen LogP contribution in [0.15, 0.2) is 42.5 Å². The summed E-state index contributed by atoms with van der Waals surface area (Å²) in [6.07, 6.45) is 8.92. The zero-order chi connectivity index (χ0) is 23.0. The largest absolute Gasteiger partial charge is 0.494 e. The fourth-order valence-corrected chi connectivity index (χ4v) is 4.69. The first-order valence-electron chi connectivity index (χ1n) is 12.2. The Morgan fingerprint density at radius 3 is 2.67 bits per heavy atom. The van der Waals surface area contributed by atoms with E-state index >= 15 is 0 Å². The number of nitrogens with zero attached hydrogens (tertiary/aromatic N) is 1. The van der Waals surface area contributed by atoms with Gasteiger partial charge in [-0.3, -0.25) is 9.59 Å². The summed E-state index contributed by atoms with van der Waals surface area (Å²) in [4.78, 5) is 26.1. The normalized spacial score (nSPS) is 16.0. The van der Waals surface area contributed by atoms with Gasteiger partial charge in [-0.25, -0.2) is 0 Å². The zero-order valence-corrected chi connectivity index (χ0v) is 19.6. The molecule has 0 unspecified atom stereocenters. The second-order valence-electron chi connectivity index (χ2n) is 9.17. The van der Waals surface area contributed by atoms with E-state index in [1.54, 1.807) is 0 Å². The Hall–Kier alpha value is -3.02. The molecule has 0 radical (unpaired) electrons. The van der Waals surface area contributed by atoms with Crippen molar-refractivity contribution < 1.29 is 14.3 Å². The van der Waals surface area contributed by atoms with Crippen molar-refractivity contribution >= 4 is 23.2 Å². The zero-order valence-electron chi connectivity index (χ0n) is 19.6. The first-order chi connectivity index (χ1) is 16.1. The van der Waals surface area contributed by atoms with Gasteiger partial charge in [0.05, 0.1) is 6.61 Å². The van der Waals surface area contributed by atoms with Crippen molar-refractivity contribution in [3.05, 3.63) is 53.6 Å². The molecule has 0 aromatic heterocycles. The molecule has 1 aliphatic carbocycles. The van der Waals surface area contributed by atoms with Crippen LogP contribution in [0, 0.1) is 0 Å². The van der Waals surface area contributed by atoms with Gasteiger partial charge in [0.15, 0.2) is 0 Å². The molecule has 0 spiro atoms. The van der Waals surface area contributed by atoms with Crippen molar-refractivity contribution in [3.63, 3.8) is 0 Å². The van der Waals surface area contributed by atoms with Crippen LogP contribution in [0.3, 0.4) is 0 Å². The summed E-state index contributed by atoms with van der Waals surface area (Å²) in [6, 6.07) is 14.9. The maximum absolute atomic E-state index is 12.2. The first-order valence-corrected chi connectivity index (χ1v) is 12.2. The number of fused-ring (bicyclic) bond motifs is 1. The van der Waals surface area contributed by atoms with Crippen molar-refractivity contribution in [1.82, 2.24) is 5.32 Å². The fraction of sp³-hybridized carbons (Fsp3) is 0.481. The number of ether oxygens (including phenoxy) is 1. The third-order valence-corrected chi connectivity index (χ3v) is 6.74. The molecule has 2 aliphatic rings. The lowest BCUT2D eigenvalue weighted by Gasteiger charge is -2.33. The predicted molar refractivity (Wildman–Crippen MR) is 132 cm³/mol. The van der Waals surface area contributed by atoms with E-state index in [0.29, 0.717) is 38.5 Å². The molecule has 6 heteroatoms. The molecule has 0 bridgehead atoms. The monoisotopic (exact) mass is 449 g/mol. The van der Waals surface area contributed by atoms with E-state index < -0.39 is 0 Å². The Labute approximate surface area is 196 Å². The molecule has 0 atom stereocenters. The van der Waals surface area contributed by atoms with Gasteiger partial charge in [0.2, 0.25) is 11.8 Å². The van der Waals surface area contributed by atoms with Crippen LogP contribution >= 0.6 is 0 Å². The Balaban J connectivity index is 1.14. The molecule has 1 saturated carbocycles. The number of carbonyl (C=O) groups excluding carboxylic acids is 2. The van der Waals surface area contributed by atoms with Crippen LogP contribution in [0.4, 0.5) is 11.4 Å². The SMILES string of the molecule is CN(c1ccc(CNC(=O)CCCOc2ccc3c(c2)CCC(=O)N3)cc1)C1CCCCC1. The minimum Gasteiger partial charge on any atom is -0.494 e. The summed E-state index contributed by atoms with van der Waals surface area (Å²) in [5.41, 5.74) is 4.33. The number of amides is 2. The second kappa shape index (κ2) is 11.2. The quantitative estimate of drug-likeness (QED) is 0.539. The number of carbonyl (C=O) groups is 2. The summed E-state index contributed by atoms with van der Waals surface area (Å²) >= 11 is 0. The summed E-state index contributed by atoms with van der Waals surface area (Å²) < 4.78 is 5.80. The average molecular weight is 450 g/mol. The number of aryl methyl sites for hydroxylation is 1. The van der Waals surface area contributed by atoms with E-state index in [9.17, 15) is 9.59 Å². The lowest BCUT2D eigenvalue weighted by atomic mass is 9.94. The van der Waals surface area contributed by atoms with Crippen molar-refractivity contribution in [2.75, 3.05) is 23.9 Å². The highest BCUT2D eigenvalue weighted by molar-refractivity contribution is 5.94. The lowest BCUT2D eigenvalue weighted by Crippen LogP contribution is -2.33. The van der Waals surface area contributed by atoms with E-state index in [1.165, 1.54) is 37.8 Å². The predicted octanol–water partition coefficient (Wildman–Crippen LogP) is 4.82. The van der Waals surface area contributed by atoms with Crippen molar-refractivity contribution in [2.45, 2.75) is 70.4 Å². The summed E-state index contributed by atoms with van der Waals surface area (Å²) in [6.45, 7) is 1.03. The van der Waals surface area contributed by atoms with Gasteiger partial charge >= 0.3 is 0 Å². The molecule has 2 amide bonds. The molecule has 2 aromatic carbocycles. The van der Waals surface area contributed by atoms with Crippen LogP contribution in [0.2, 0.25) is 0 Å². The van der Waals surface area contributed by atoms with E-state index in [0.717, 1.165) is 29.0 Å². The molecule has 2 aromatic rings. The summed E-state index contributed by atoms with van der Waals surface area (Å²) in [7, 11) is 2.19. The topological polar surface area (TPSA) is 70.7 Å². The smallest absolute Gasteiger partial charge is 0.224 e. The van der Waals surface area contributed by atoms with Gasteiger partial charge in [0, 0.05) is 43.9 Å². The number of rotatable bonds is 9. The van der Waals surface area contributed by atoms with Gasteiger partial charge < -0.3 is 20.3 Å². The Kier molecular flexibility index (Phi) is 7.87. The van der Waals surface area contributed by atoms with Crippen LogP contribution in [0.5, 0.6) is 5.75 Å².